The van der Waals surface area contributed by atoms with Gasteiger partial charge in [-0.2, -0.15) is 0 Å². The Balaban J connectivity index is 0.000000261. The number of rotatable bonds is 0. The Morgan fingerprint density at radius 1 is 1.67 bits per heavy atom. The highest BCUT2D eigenvalue weighted by molar-refractivity contribution is 6.60. The van der Waals surface area contributed by atoms with Crippen molar-refractivity contribution < 1.29 is 9.90 Å². The molecule has 1 aromatic heterocycles. The molecule has 0 atom stereocenters. The SMILES string of the molecule is Cc1nccc(Cl)n1.O=C(O)Cl. The number of carbonyl (C=O) groups is 1. The van der Waals surface area contributed by atoms with E-state index in [0.717, 1.165) is 0 Å². The number of carboxylic acid groups (broad SMARTS) is 1. The Hall–Kier alpha value is -0.870. The highest BCUT2D eigenvalue weighted by Crippen LogP contribution is 1.99. The van der Waals surface area contributed by atoms with Crippen LogP contribution in [-0.4, -0.2) is 20.5 Å². The molecule has 4 nitrogen and oxygen atoms in total. The molecule has 1 heterocycles. The lowest BCUT2D eigenvalue weighted by atomic mass is 10.6. The Morgan fingerprint density at radius 3 is 2.42 bits per heavy atom. The van der Waals surface area contributed by atoms with Crippen LogP contribution < -0.4 is 0 Å². The number of halogens is 2. The second-order valence-corrected chi connectivity index (χ2v) is 2.39. The first kappa shape index (κ1) is 11.1. The molecule has 0 saturated carbocycles. The van der Waals surface area contributed by atoms with Gasteiger partial charge in [0, 0.05) is 17.8 Å². The fraction of sp³-hybridized carbons (Fsp3) is 0.167. The van der Waals surface area contributed by atoms with E-state index in [2.05, 4.69) is 21.6 Å². The van der Waals surface area contributed by atoms with Crippen molar-refractivity contribution in [1.29, 1.82) is 0 Å². The van der Waals surface area contributed by atoms with E-state index in [1.807, 2.05) is 0 Å². The molecule has 0 spiro atoms. The van der Waals surface area contributed by atoms with E-state index < -0.39 is 5.43 Å². The summed E-state index contributed by atoms with van der Waals surface area (Å²) in [6, 6.07) is 1.65. The first-order valence-corrected chi connectivity index (χ1v) is 3.61. The topological polar surface area (TPSA) is 63.1 Å². The van der Waals surface area contributed by atoms with Crippen LogP contribution in [0.5, 0.6) is 0 Å². The third kappa shape index (κ3) is 7.24. The van der Waals surface area contributed by atoms with Crippen molar-refractivity contribution in [2.24, 2.45) is 0 Å². The van der Waals surface area contributed by atoms with Crippen molar-refractivity contribution in [1.82, 2.24) is 9.97 Å². The minimum atomic E-state index is -1.36. The molecule has 6 heteroatoms. The van der Waals surface area contributed by atoms with Gasteiger partial charge in [0.05, 0.1) is 0 Å². The summed E-state index contributed by atoms with van der Waals surface area (Å²) in [7, 11) is 0. The van der Waals surface area contributed by atoms with Crippen molar-refractivity contribution in [3.63, 3.8) is 0 Å². The van der Waals surface area contributed by atoms with E-state index in [-0.39, 0.29) is 0 Å². The smallest absolute Gasteiger partial charge is 0.401 e. The summed E-state index contributed by atoms with van der Waals surface area (Å²) in [5, 5.41) is 7.68. The lowest BCUT2D eigenvalue weighted by molar-refractivity contribution is 0.220. The van der Waals surface area contributed by atoms with Crippen LogP contribution >= 0.6 is 23.2 Å². The zero-order valence-electron chi connectivity index (χ0n) is 6.16. The van der Waals surface area contributed by atoms with Crippen molar-refractivity contribution in [3.8, 4) is 0 Å². The van der Waals surface area contributed by atoms with Crippen LogP contribution in [0.3, 0.4) is 0 Å². The summed E-state index contributed by atoms with van der Waals surface area (Å²) in [5.74, 6) is 0.706. The van der Waals surface area contributed by atoms with E-state index in [1.54, 1.807) is 19.2 Å². The van der Waals surface area contributed by atoms with Crippen LogP contribution in [-0.2, 0) is 0 Å². The van der Waals surface area contributed by atoms with Gasteiger partial charge in [0.15, 0.2) is 0 Å². The predicted molar refractivity (Wildman–Crippen MR) is 45.7 cm³/mol. The summed E-state index contributed by atoms with van der Waals surface area (Å²) in [4.78, 5) is 16.4. The maximum Gasteiger partial charge on any atom is 0.401 e. The Morgan fingerprint density at radius 2 is 2.17 bits per heavy atom. The van der Waals surface area contributed by atoms with Crippen molar-refractivity contribution >= 4 is 28.6 Å². The van der Waals surface area contributed by atoms with E-state index >= 15 is 0 Å². The van der Waals surface area contributed by atoms with Gasteiger partial charge in [-0.3, -0.25) is 0 Å². The lowest BCUT2D eigenvalue weighted by Gasteiger charge is -1.87. The van der Waals surface area contributed by atoms with E-state index in [9.17, 15) is 0 Å². The quantitative estimate of drug-likeness (QED) is 0.526. The molecule has 66 valence electrons. The second-order valence-electron chi connectivity index (χ2n) is 1.68. The fourth-order valence-electron chi connectivity index (χ4n) is 0.427. The predicted octanol–water partition coefficient (Wildman–Crippen LogP) is 2.34. The maximum atomic E-state index is 8.77. The van der Waals surface area contributed by atoms with Crippen LogP contribution in [0.1, 0.15) is 5.82 Å². The standard InChI is InChI=1S/C5H5ClN2.CHClO2/c1-4-7-3-2-5(6)8-4;2-1(3)4/h2-3H,1H3;(H,3,4). The van der Waals surface area contributed by atoms with Gasteiger partial charge in [0.2, 0.25) is 0 Å². The molecule has 0 aliphatic carbocycles. The molecule has 0 radical (unpaired) electrons. The number of nitrogens with zero attached hydrogens (tertiary/aromatic N) is 2. The Bertz CT molecular complexity index is 246. The highest BCUT2D eigenvalue weighted by Gasteiger charge is 1.85. The lowest BCUT2D eigenvalue weighted by Crippen LogP contribution is -1.83. The Labute approximate surface area is 79.2 Å². The van der Waals surface area contributed by atoms with Gasteiger partial charge in [-0.25, -0.2) is 14.8 Å². The molecule has 0 aliphatic heterocycles. The summed E-state index contributed by atoms with van der Waals surface area (Å²) in [6.07, 6.45) is 1.63. The fourth-order valence-corrected chi connectivity index (χ4v) is 0.606. The zero-order chi connectivity index (χ0) is 9.56. The van der Waals surface area contributed by atoms with Gasteiger partial charge < -0.3 is 5.11 Å². The minimum Gasteiger partial charge on any atom is -0.469 e. The third-order valence-corrected chi connectivity index (χ3v) is 0.953. The minimum absolute atomic E-state index is 0.498. The van der Waals surface area contributed by atoms with Gasteiger partial charge in [-0.1, -0.05) is 11.6 Å². The Kier molecular flexibility index (Phi) is 5.32. The molecule has 0 bridgehead atoms. The molecule has 0 unspecified atom stereocenters. The highest BCUT2D eigenvalue weighted by atomic mass is 35.5. The van der Waals surface area contributed by atoms with Crippen molar-refractivity contribution in [2.75, 3.05) is 0 Å². The van der Waals surface area contributed by atoms with E-state index in [0.29, 0.717) is 11.0 Å². The number of hydrogen-bond acceptors (Lipinski definition) is 3. The first-order valence-electron chi connectivity index (χ1n) is 2.86. The molecule has 0 aliphatic rings. The van der Waals surface area contributed by atoms with Crippen LogP contribution in [0.15, 0.2) is 12.3 Å². The molecular formula is C6H6Cl2N2O2. The molecule has 12 heavy (non-hydrogen) atoms. The molecule has 0 saturated heterocycles. The van der Waals surface area contributed by atoms with E-state index in [4.69, 9.17) is 21.5 Å². The van der Waals surface area contributed by atoms with Crippen LogP contribution in [0, 0.1) is 6.92 Å². The van der Waals surface area contributed by atoms with E-state index in [1.165, 1.54) is 0 Å². The van der Waals surface area contributed by atoms with Crippen LogP contribution in [0.25, 0.3) is 0 Å². The maximum absolute atomic E-state index is 8.77. The molecule has 0 aromatic carbocycles. The summed E-state index contributed by atoms with van der Waals surface area (Å²) >= 11 is 9.69. The molecule has 0 fully saturated rings. The second kappa shape index (κ2) is 5.74. The summed E-state index contributed by atoms with van der Waals surface area (Å²) < 4.78 is 0. The molecule has 1 aromatic rings. The van der Waals surface area contributed by atoms with Crippen LogP contribution in [0.2, 0.25) is 5.15 Å². The van der Waals surface area contributed by atoms with Crippen molar-refractivity contribution in [3.05, 3.63) is 23.2 Å². The summed E-state index contributed by atoms with van der Waals surface area (Å²) in [5.41, 5.74) is -1.36. The summed E-state index contributed by atoms with van der Waals surface area (Å²) in [6.45, 7) is 1.80. The van der Waals surface area contributed by atoms with Gasteiger partial charge in [-0.15, -0.1) is 0 Å². The van der Waals surface area contributed by atoms with Crippen molar-refractivity contribution in [2.45, 2.75) is 6.92 Å². The molecule has 1 rings (SSSR count). The van der Waals surface area contributed by atoms with Gasteiger partial charge in [0.25, 0.3) is 0 Å². The molecule has 1 N–H and O–H groups in total. The van der Waals surface area contributed by atoms with Gasteiger partial charge >= 0.3 is 5.43 Å². The average molecular weight is 209 g/mol. The monoisotopic (exact) mass is 208 g/mol. The van der Waals surface area contributed by atoms with Gasteiger partial charge in [-0.05, 0) is 13.0 Å². The largest absolute Gasteiger partial charge is 0.469 e. The molecular weight excluding hydrogens is 203 g/mol. The third-order valence-electron chi connectivity index (χ3n) is 0.742. The normalized spacial score (nSPS) is 8.25. The number of aromatic nitrogens is 2. The van der Waals surface area contributed by atoms with Gasteiger partial charge in [0.1, 0.15) is 11.0 Å². The average Bonchev–Trinajstić information content (AvgIpc) is 1.84. The van der Waals surface area contributed by atoms with Crippen LogP contribution in [0.4, 0.5) is 4.79 Å². The number of hydrogen-bond donors (Lipinski definition) is 1. The first-order chi connectivity index (χ1) is 5.52. The zero-order valence-corrected chi connectivity index (χ0v) is 7.67. The number of aryl methyl sites for hydroxylation is 1. The molecule has 0 amide bonds.